The number of ether oxygens (including phenoxy) is 2. The van der Waals surface area contributed by atoms with Gasteiger partial charge in [-0.05, 0) is 51.3 Å². The number of phenols is 1. The van der Waals surface area contributed by atoms with E-state index in [0.29, 0.717) is 11.1 Å². The smallest absolute Gasteiger partial charge is 0.342 e. The minimum Gasteiger partial charge on any atom is -0.507 e. The summed E-state index contributed by atoms with van der Waals surface area (Å²) in [4.78, 5) is 24.1. The number of phenolic OH excluding ortho intramolecular Hbond substituents is 1. The molecule has 0 fully saturated rings. The van der Waals surface area contributed by atoms with Gasteiger partial charge >= 0.3 is 11.9 Å². The maximum Gasteiger partial charge on any atom is 0.342 e. The molecule has 0 aliphatic heterocycles. The fourth-order valence-electron chi connectivity index (χ4n) is 2.00. The van der Waals surface area contributed by atoms with Gasteiger partial charge in [0, 0.05) is 0 Å². The van der Waals surface area contributed by atoms with Crippen LogP contribution in [0.5, 0.6) is 5.75 Å². The fraction of sp³-hybridized carbons (Fsp3) is 0.467. The van der Waals surface area contributed by atoms with Crippen LogP contribution in [0.4, 0.5) is 0 Å². The molecule has 0 aliphatic rings. The Morgan fingerprint density at radius 3 is 1.75 bits per heavy atom. The molecule has 0 atom stereocenters. The third-order valence-corrected chi connectivity index (χ3v) is 3.30. The minimum atomic E-state index is -0.723. The molecule has 0 radical (unpaired) electrons. The van der Waals surface area contributed by atoms with E-state index in [1.165, 1.54) is 0 Å². The molecule has 0 saturated carbocycles. The summed E-state index contributed by atoms with van der Waals surface area (Å²) in [6.07, 6.45) is 0. The van der Waals surface area contributed by atoms with E-state index in [1.807, 2.05) is 0 Å². The minimum absolute atomic E-state index is 0.0749. The Hall–Kier alpha value is -2.04. The van der Waals surface area contributed by atoms with Crippen molar-refractivity contribution in [3.05, 3.63) is 27.8 Å². The monoisotopic (exact) mass is 280 g/mol. The number of benzene rings is 1. The average molecular weight is 280 g/mol. The maximum atomic E-state index is 12.1. The SMILES string of the molecule is CCOC(=O)c1c(C)c(C)c(C)c(O)c1C(=O)OCC. The number of hydrogen-bond donors (Lipinski definition) is 1. The summed E-state index contributed by atoms with van der Waals surface area (Å²) in [5.41, 5.74) is 1.87. The van der Waals surface area contributed by atoms with Crippen LogP contribution in [0.2, 0.25) is 0 Å². The van der Waals surface area contributed by atoms with Crippen molar-refractivity contribution in [3.63, 3.8) is 0 Å². The fourth-order valence-corrected chi connectivity index (χ4v) is 2.00. The van der Waals surface area contributed by atoms with Crippen LogP contribution < -0.4 is 0 Å². The quantitative estimate of drug-likeness (QED) is 0.858. The van der Waals surface area contributed by atoms with Gasteiger partial charge in [-0.15, -0.1) is 0 Å². The molecule has 0 unspecified atom stereocenters. The third-order valence-electron chi connectivity index (χ3n) is 3.30. The molecule has 5 heteroatoms. The van der Waals surface area contributed by atoms with E-state index in [1.54, 1.807) is 34.6 Å². The van der Waals surface area contributed by atoms with Crippen molar-refractivity contribution in [1.82, 2.24) is 0 Å². The maximum absolute atomic E-state index is 12.1. The summed E-state index contributed by atoms with van der Waals surface area (Å²) in [5, 5.41) is 10.2. The first-order chi connectivity index (χ1) is 9.36. The van der Waals surface area contributed by atoms with E-state index in [4.69, 9.17) is 9.47 Å². The predicted octanol–water partition coefficient (Wildman–Crippen LogP) is 2.67. The topological polar surface area (TPSA) is 72.8 Å². The number of carbonyl (C=O) groups excluding carboxylic acids is 2. The first-order valence-corrected chi connectivity index (χ1v) is 6.53. The highest BCUT2D eigenvalue weighted by Crippen LogP contribution is 2.33. The van der Waals surface area contributed by atoms with Crippen LogP contribution in [-0.2, 0) is 9.47 Å². The molecule has 0 aromatic heterocycles. The van der Waals surface area contributed by atoms with Crippen LogP contribution in [0.1, 0.15) is 51.3 Å². The lowest BCUT2D eigenvalue weighted by atomic mass is 9.92. The van der Waals surface area contributed by atoms with Crippen LogP contribution in [-0.4, -0.2) is 30.3 Å². The van der Waals surface area contributed by atoms with Crippen molar-refractivity contribution >= 4 is 11.9 Å². The van der Waals surface area contributed by atoms with E-state index in [9.17, 15) is 14.7 Å². The summed E-state index contributed by atoms with van der Waals surface area (Å²) in [5.74, 6) is -1.58. The van der Waals surface area contributed by atoms with Crippen LogP contribution in [0.3, 0.4) is 0 Å². The van der Waals surface area contributed by atoms with Gasteiger partial charge in [0.1, 0.15) is 11.3 Å². The lowest BCUT2D eigenvalue weighted by Gasteiger charge is -2.17. The Labute approximate surface area is 118 Å². The number of hydrogen-bond acceptors (Lipinski definition) is 5. The van der Waals surface area contributed by atoms with Gasteiger partial charge in [0.2, 0.25) is 0 Å². The van der Waals surface area contributed by atoms with Crippen molar-refractivity contribution in [2.45, 2.75) is 34.6 Å². The highest BCUT2D eigenvalue weighted by molar-refractivity contribution is 6.06. The molecule has 1 aromatic carbocycles. The standard InChI is InChI=1S/C15H20O5/c1-6-19-14(17)11-9(4)8(3)10(5)13(16)12(11)15(18)20-7-2/h16H,6-7H2,1-5H3. The molecule has 1 rings (SSSR count). The Kier molecular flexibility index (Phi) is 5.13. The van der Waals surface area contributed by atoms with Crippen molar-refractivity contribution in [1.29, 1.82) is 0 Å². The number of esters is 2. The molecule has 1 N–H and O–H groups in total. The van der Waals surface area contributed by atoms with Gasteiger partial charge in [0.15, 0.2) is 0 Å². The average Bonchev–Trinajstić information content (AvgIpc) is 2.40. The zero-order valence-corrected chi connectivity index (χ0v) is 12.5. The normalized spacial score (nSPS) is 10.2. The van der Waals surface area contributed by atoms with E-state index >= 15 is 0 Å². The van der Waals surface area contributed by atoms with E-state index in [0.717, 1.165) is 5.56 Å². The molecule has 0 saturated heterocycles. The zero-order valence-electron chi connectivity index (χ0n) is 12.5. The largest absolute Gasteiger partial charge is 0.507 e. The second-order valence-corrected chi connectivity index (χ2v) is 4.41. The first-order valence-electron chi connectivity index (χ1n) is 6.53. The van der Waals surface area contributed by atoms with Gasteiger partial charge in [-0.3, -0.25) is 0 Å². The molecule has 0 amide bonds. The number of rotatable bonds is 4. The van der Waals surface area contributed by atoms with E-state index in [-0.39, 0.29) is 30.1 Å². The van der Waals surface area contributed by atoms with Gasteiger partial charge in [0.25, 0.3) is 0 Å². The summed E-state index contributed by atoms with van der Waals surface area (Å²) < 4.78 is 9.89. The second-order valence-electron chi connectivity index (χ2n) is 4.41. The summed E-state index contributed by atoms with van der Waals surface area (Å²) >= 11 is 0. The molecule has 0 aliphatic carbocycles. The molecule has 1 aromatic rings. The molecule has 5 nitrogen and oxygen atoms in total. The van der Waals surface area contributed by atoms with Gasteiger partial charge in [0.05, 0.1) is 18.8 Å². The van der Waals surface area contributed by atoms with Crippen molar-refractivity contribution in [3.8, 4) is 5.75 Å². The molecule has 20 heavy (non-hydrogen) atoms. The molecular formula is C15H20O5. The number of aromatic hydroxyl groups is 1. The molecule has 0 heterocycles. The Bertz CT molecular complexity index is 497. The van der Waals surface area contributed by atoms with Gasteiger partial charge in [-0.2, -0.15) is 0 Å². The molecule has 110 valence electrons. The lowest BCUT2D eigenvalue weighted by Crippen LogP contribution is -2.17. The van der Waals surface area contributed by atoms with Gasteiger partial charge < -0.3 is 14.6 Å². The Balaban J connectivity index is 3.60. The summed E-state index contributed by atoms with van der Waals surface area (Å²) in [6, 6.07) is 0. The molecule has 0 bridgehead atoms. The highest BCUT2D eigenvalue weighted by Gasteiger charge is 2.28. The Morgan fingerprint density at radius 2 is 1.30 bits per heavy atom. The summed E-state index contributed by atoms with van der Waals surface area (Å²) in [7, 11) is 0. The second kappa shape index (κ2) is 6.41. The van der Waals surface area contributed by atoms with E-state index in [2.05, 4.69) is 0 Å². The van der Waals surface area contributed by atoms with Crippen molar-refractivity contribution < 1.29 is 24.2 Å². The third kappa shape index (κ3) is 2.76. The van der Waals surface area contributed by atoms with Crippen LogP contribution in [0, 0.1) is 20.8 Å². The van der Waals surface area contributed by atoms with Crippen LogP contribution in [0.25, 0.3) is 0 Å². The molecule has 0 spiro atoms. The Morgan fingerprint density at radius 1 is 0.850 bits per heavy atom. The van der Waals surface area contributed by atoms with Crippen LogP contribution >= 0.6 is 0 Å². The van der Waals surface area contributed by atoms with Gasteiger partial charge in [-0.1, -0.05) is 0 Å². The predicted molar refractivity (Wildman–Crippen MR) is 74.2 cm³/mol. The van der Waals surface area contributed by atoms with Crippen molar-refractivity contribution in [2.24, 2.45) is 0 Å². The van der Waals surface area contributed by atoms with Crippen LogP contribution in [0.15, 0.2) is 0 Å². The zero-order chi connectivity index (χ0) is 15.4. The van der Waals surface area contributed by atoms with E-state index < -0.39 is 11.9 Å². The van der Waals surface area contributed by atoms with Gasteiger partial charge in [-0.25, -0.2) is 9.59 Å². The van der Waals surface area contributed by atoms with Crippen molar-refractivity contribution in [2.75, 3.05) is 13.2 Å². The highest BCUT2D eigenvalue weighted by atomic mass is 16.5. The lowest BCUT2D eigenvalue weighted by molar-refractivity contribution is 0.0474. The number of carbonyl (C=O) groups is 2. The summed E-state index contributed by atoms with van der Waals surface area (Å²) in [6.45, 7) is 8.87. The molecular weight excluding hydrogens is 260 g/mol. The first kappa shape index (κ1) is 16.0.